The van der Waals surface area contributed by atoms with Gasteiger partial charge in [-0.1, -0.05) is 11.6 Å². The van der Waals surface area contributed by atoms with Crippen LogP contribution in [0.2, 0.25) is 5.02 Å². The largest absolute Gasteiger partial charge is 0.496 e. The lowest BCUT2D eigenvalue weighted by atomic mass is 9.89. The van der Waals surface area contributed by atoms with Gasteiger partial charge in [0.05, 0.1) is 34.1 Å². The molecule has 218 valence electrons. The van der Waals surface area contributed by atoms with Crippen molar-refractivity contribution >= 4 is 27.3 Å². The Morgan fingerprint density at radius 2 is 1.87 bits per heavy atom. The lowest BCUT2D eigenvalue weighted by molar-refractivity contribution is -0.219. The van der Waals surface area contributed by atoms with Gasteiger partial charge in [0.15, 0.2) is 5.69 Å². The molecule has 0 radical (unpaired) electrons. The SMILES string of the molecule is CCn1nc(C(=O)NCC2CCC(S(C)(=O)=O)CC2)c(Cl)c1-c1cnc(OCC(C)(C)C(F)(F)F)cc1OC. The van der Waals surface area contributed by atoms with Crippen molar-refractivity contribution in [1.29, 1.82) is 0 Å². The summed E-state index contributed by atoms with van der Waals surface area (Å²) in [5.41, 5.74) is -1.32. The molecule has 14 heteroatoms. The second-order valence-corrected chi connectivity index (χ2v) is 13.1. The summed E-state index contributed by atoms with van der Waals surface area (Å²) in [5, 5.41) is 6.95. The van der Waals surface area contributed by atoms with Crippen LogP contribution < -0.4 is 14.8 Å². The molecule has 0 spiro atoms. The van der Waals surface area contributed by atoms with Crippen LogP contribution >= 0.6 is 11.6 Å². The van der Waals surface area contributed by atoms with E-state index in [1.54, 1.807) is 0 Å². The van der Waals surface area contributed by atoms with Gasteiger partial charge in [0.2, 0.25) is 5.88 Å². The van der Waals surface area contributed by atoms with E-state index in [4.69, 9.17) is 21.1 Å². The molecule has 0 saturated heterocycles. The number of ether oxygens (including phenoxy) is 2. The molecule has 1 aliphatic carbocycles. The molecular weight excluding hydrogens is 561 g/mol. The fourth-order valence-corrected chi connectivity index (χ4v) is 5.79. The molecule has 2 aromatic rings. The maximum atomic E-state index is 13.2. The van der Waals surface area contributed by atoms with Gasteiger partial charge in [0.25, 0.3) is 5.91 Å². The number of rotatable bonds is 10. The van der Waals surface area contributed by atoms with Crippen molar-refractivity contribution in [3.63, 3.8) is 0 Å². The standard InChI is InChI=1S/C25H34ClF3N4O5S/c1-6-33-22(17-13-30-19(11-18(17)37-4)38-14-24(2,3)25(27,28)29)20(26)21(32-33)23(34)31-12-15-7-9-16(10-8-15)39(5,35)36/h11,13,15-16H,6-10,12,14H2,1-5H3,(H,31,34). The van der Waals surface area contributed by atoms with E-state index in [-0.39, 0.29) is 33.5 Å². The quantitative estimate of drug-likeness (QED) is 0.415. The second kappa shape index (κ2) is 11.9. The molecule has 0 atom stereocenters. The van der Waals surface area contributed by atoms with Crippen molar-refractivity contribution in [3.8, 4) is 22.9 Å². The van der Waals surface area contributed by atoms with Crippen LogP contribution in [-0.4, -0.2) is 67.0 Å². The van der Waals surface area contributed by atoms with Gasteiger partial charge in [-0.2, -0.15) is 18.3 Å². The first kappa shape index (κ1) is 31.0. The number of methoxy groups -OCH3 is 1. The van der Waals surface area contributed by atoms with Crippen LogP contribution in [0.15, 0.2) is 12.3 Å². The van der Waals surface area contributed by atoms with Crippen LogP contribution in [0.5, 0.6) is 11.6 Å². The Bertz CT molecular complexity index is 1290. The molecular formula is C25H34ClF3N4O5S. The Hall–Kier alpha value is -2.54. The van der Waals surface area contributed by atoms with Crippen molar-refractivity contribution in [1.82, 2.24) is 20.1 Å². The fourth-order valence-electron chi connectivity index (χ4n) is 4.34. The summed E-state index contributed by atoms with van der Waals surface area (Å²) in [6.07, 6.45) is 0.666. The normalized spacial score (nSPS) is 18.6. The summed E-state index contributed by atoms with van der Waals surface area (Å²) in [6.45, 7) is 3.96. The van der Waals surface area contributed by atoms with Gasteiger partial charge < -0.3 is 14.8 Å². The summed E-state index contributed by atoms with van der Waals surface area (Å²) in [7, 11) is -1.69. The first-order valence-corrected chi connectivity index (χ1v) is 14.9. The highest BCUT2D eigenvalue weighted by molar-refractivity contribution is 7.91. The predicted molar refractivity (Wildman–Crippen MR) is 141 cm³/mol. The molecule has 1 fully saturated rings. The maximum absolute atomic E-state index is 13.2. The monoisotopic (exact) mass is 594 g/mol. The highest BCUT2D eigenvalue weighted by Gasteiger charge is 2.48. The maximum Gasteiger partial charge on any atom is 0.397 e. The van der Waals surface area contributed by atoms with Crippen LogP contribution in [0.4, 0.5) is 13.2 Å². The Morgan fingerprint density at radius 3 is 2.41 bits per heavy atom. The Morgan fingerprint density at radius 1 is 1.23 bits per heavy atom. The van der Waals surface area contributed by atoms with Crippen molar-refractivity contribution in [2.45, 2.75) is 64.4 Å². The molecule has 3 rings (SSSR count). The number of carbonyl (C=O) groups is 1. The number of nitrogens with one attached hydrogen (secondary N) is 1. The lowest BCUT2D eigenvalue weighted by Crippen LogP contribution is -2.37. The van der Waals surface area contributed by atoms with Gasteiger partial charge in [-0.3, -0.25) is 9.48 Å². The van der Waals surface area contributed by atoms with Crippen molar-refractivity contribution < 1.29 is 35.9 Å². The summed E-state index contributed by atoms with van der Waals surface area (Å²) < 4.78 is 75.4. The zero-order valence-electron chi connectivity index (χ0n) is 22.6. The first-order valence-electron chi connectivity index (χ1n) is 12.6. The Labute approximate surface area is 231 Å². The van der Waals surface area contributed by atoms with E-state index in [1.165, 1.54) is 30.3 Å². The van der Waals surface area contributed by atoms with Gasteiger partial charge in [0, 0.05) is 31.6 Å². The zero-order chi connectivity index (χ0) is 29.2. The summed E-state index contributed by atoms with van der Waals surface area (Å²) in [4.78, 5) is 17.1. The average molecular weight is 595 g/mol. The van der Waals surface area contributed by atoms with Crippen molar-refractivity contribution in [3.05, 3.63) is 23.0 Å². The Balaban J connectivity index is 1.76. The number of carbonyl (C=O) groups excluding carboxylic acids is 1. The summed E-state index contributed by atoms with van der Waals surface area (Å²) in [5.74, 6) is -0.149. The molecule has 0 unspecified atom stereocenters. The molecule has 1 amide bonds. The first-order chi connectivity index (χ1) is 18.1. The molecule has 1 saturated carbocycles. The molecule has 9 nitrogen and oxygen atoms in total. The van der Waals surface area contributed by atoms with Crippen LogP contribution in [0.3, 0.4) is 0 Å². The van der Waals surface area contributed by atoms with E-state index in [2.05, 4.69) is 15.4 Å². The molecule has 0 aromatic carbocycles. The van der Waals surface area contributed by atoms with Crippen LogP contribution in [-0.2, 0) is 16.4 Å². The van der Waals surface area contributed by atoms with Crippen molar-refractivity contribution in [2.75, 3.05) is 26.5 Å². The minimum absolute atomic E-state index is 0.00708. The van der Waals surface area contributed by atoms with Crippen LogP contribution in [0.25, 0.3) is 11.3 Å². The summed E-state index contributed by atoms with van der Waals surface area (Å²) in [6, 6.07) is 1.36. The smallest absolute Gasteiger partial charge is 0.397 e. The fraction of sp³-hybridized carbons (Fsp3) is 0.640. The third-order valence-corrected chi connectivity index (χ3v) is 9.06. The molecule has 2 heterocycles. The number of hydrogen-bond donors (Lipinski definition) is 1. The van der Waals surface area contributed by atoms with Gasteiger partial charge in [-0.15, -0.1) is 0 Å². The molecule has 0 bridgehead atoms. The van der Waals surface area contributed by atoms with Crippen LogP contribution in [0.1, 0.15) is 56.9 Å². The second-order valence-electron chi connectivity index (χ2n) is 10.4. The number of sulfone groups is 1. The van der Waals surface area contributed by atoms with Gasteiger partial charge in [-0.25, -0.2) is 13.4 Å². The van der Waals surface area contributed by atoms with E-state index in [9.17, 15) is 26.4 Å². The van der Waals surface area contributed by atoms with E-state index < -0.39 is 33.9 Å². The molecule has 1 aliphatic rings. The predicted octanol–water partition coefficient (Wildman–Crippen LogP) is 4.93. The molecule has 39 heavy (non-hydrogen) atoms. The molecule has 0 aliphatic heterocycles. The number of hydrogen-bond acceptors (Lipinski definition) is 7. The number of aryl methyl sites for hydroxylation is 1. The van der Waals surface area contributed by atoms with Gasteiger partial charge in [0.1, 0.15) is 22.2 Å². The molecule has 2 aromatic heterocycles. The van der Waals surface area contributed by atoms with Crippen molar-refractivity contribution in [2.24, 2.45) is 11.3 Å². The number of alkyl halides is 3. The van der Waals surface area contributed by atoms with E-state index >= 15 is 0 Å². The highest BCUT2D eigenvalue weighted by atomic mass is 35.5. The molecule has 1 N–H and O–H groups in total. The number of nitrogens with zero attached hydrogens (tertiary/aromatic N) is 3. The number of pyridine rings is 1. The van der Waals surface area contributed by atoms with E-state index in [0.29, 0.717) is 50.0 Å². The average Bonchev–Trinajstić information content (AvgIpc) is 3.20. The van der Waals surface area contributed by atoms with Crippen LogP contribution in [0, 0.1) is 11.3 Å². The minimum Gasteiger partial charge on any atom is -0.496 e. The minimum atomic E-state index is -4.45. The lowest BCUT2D eigenvalue weighted by Gasteiger charge is -2.27. The zero-order valence-corrected chi connectivity index (χ0v) is 24.1. The topological polar surface area (TPSA) is 112 Å². The highest BCUT2D eigenvalue weighted by Crippen LogP contribution is 2.40. The third-order valence-electron chi connectivity index (χ3n) is 7.02. The van der Waals surface area contributed by atoms with E-state index in [0.717, 1.165) is 13.8 Å². The number of amides is 1. The number of aromatic nitrogens is 3. The van der Waals surface area contributed by atoms with E-state index in [1.807, 2.05) is 6.92 Å². The Kier molecular flexibility index (Phi) is 9.47. The number of halogens is 4. The van der Waals surface area contributed by atoms with Gasteiger partial charge in [-0.05, 0) is 52.4 Å². The third kappa shape index (κ3) is 7.16. The van der Waals surface area contributed by atoms with Gasteiger partial charge >= 0.3 is 6.18 Å². The summed E-state index contributed by atoms with van der Waals surface area (Å²) >= 11 is 6.62.